The number of carbonyl (C=O) groups is 1. The molecule has 0 saturated heterocycles. The minimum Gasteiger partial charge on any atom is -0.454 e. The van der Waals surface area contributed by atoms with Crippen molar-refractivity contribution in [1.29, 1.82) is 0 Å². The Bertz CT molecular complexity index is 967. The second-order valence-corrected chi connectivity index (χ2v) is 6.96. The van der Waals surface area contributed by atoms with Gasteiger partial charge in [0.25, 0.3) is 0 Å². The van der Waals surface area contributed by atoms with E-state index in [1.165, 1.54) is 0 Å². The fourth-order valence-corrected chi connectivity index (χ4v) is 3.20. The number of aromatic nitrogens is 3. The molecule has 0 spiro atoms. The highest BCUT2D eigenvalue weighted by Gasteiger charge is 2.23. The van der Waals surface area contributed by atoms with E-state index in [4.69, 9.17) is 9.47 Å². The number of carbonyl (C=O) groups excluding carboxylic acids is 1. The van der Waals surface area contributed by atoms with Gasteiger partial charge in [-0.05, 0) is 42.2 Å². The van der Waals surface area contributed by atoms with Gasteiger partial charge in [0, 0.05) is 12.6 Å². The van der Waals surface area contributed by atoms with Crippen molar-refractivity contribution in [2.75, 3.05) is 6.79 Å². The van der Waals surface area contributed by atoms with E-state index < -0.39 is 0 Å². The van der Waals surface area contributed by atoms with Gasteiger partial charge in [-0.25, -0.2) is 0 Å². The lowest BCUT2D eigenvalue weighted by Crippen LogP contribution is -2.33. The Morgan fingerprint density at radius 3 is 2.89 bits per heavy atom. The van der Waals surface area contributed by atoms with Crippen molar-refractivity contribution in [3.63, 3.8) is 0 Å². The van der Waals surface area contributed by atoms with Gasteiger partial charge in [0.15, 0.2) is 23.0 Å². The number of nitrogens with zero attached hydrogens (tertiary/aromatic N) is 3. The van der Waals surface area contributed by atoms with E-state index >= 15 is 0 Å². The average Bonchev–Trinajstić information content (AvgIpc) is 3.30. The molecule has 4 rings (SSSR count). The fourth-order valence-electron chi connectivity index (χ4n) is 3.20. The van der Waals surface area contributed by atoms with E-state index in [1.54, 1.807) is 0 Å². The summed E-state index contributed by atoms with van der Waals surface area (Å²) in [6.45, 7) is 4.38. The molecule has 7 heteroatoms. The van der Waals surface area contributed by atoms with Crippen LogP contribution >= 0.6 is 0 Å². The summed E-state index contributed by atoms with van der Waals surface area (Å²) < 4.78 is 12.6. The predicted molar refractivity (Wildman–Crippen MR) is 99.6 cm³/mol. The molecule has 0 radical (unpaired) electrons. The van der Waals surface area contributed by atoms with Crippen molar-refractivity contribution >= 4 is 11.6 Å². The van der Waals surface area contributed by atoms with Gasteiger partial charge >= 0.3 is 0 Å². The summed E-state index contributed by atoms with van der Waals surface area (Å²) in [6.07, 6.45) is 2.94. The smallest absolute Gasteiger partial charge is 0.231 e. The summed E-state index contributed by atoms with van der Waals surface area (Å²) in [5.41, 5.74) is 1.82. The van der Waals surface area contributed by atoms with Crippen LogP contribution in [0, 0.1) is 5.92 Å². The Hall–Kier alpha value is -3.09. The molecule has 1 amide bonds. The monoisotopic (exact) mass is 366 g/mol. The molecule has 1 atom stereocenters. The quantitative estimate of drug-likeness (QED) is 0.726. The van der Waals surface area contributed by atoms with Crippen molar-refractivity contribution < 1.29 is 14.3 Å². The lowest BCUT2D eigenvalue weighted by Gasteiger charge is -2.21. The standard InChI is InChI=1S/C20H22N4O3/c1-13(2)19(20-23-22-17-5-3-4-10-24(17)20)21-18(25)9-7-14-6-8-15-16(11-14)27-12-26-15/h3-6,8,10-11,13,19H,7,9,12H2,1-2H3,(H,21,25)/t19-/m0/s1. The third-order valence-electron chi connectivity index (χ3n) is 4.68. The van der Waals surface area contributed by atoms with Gasteiger partial charge in [-0.1, -0.05) is 26.0 Å². The van der Waals surface area contributed by atoms with Crippen molar-refractivity contribution in [2.24, 2.45) is 5.92 Å². The van der Waals surface area contributed by atoms with Gasteiger partial charge in [-0.15, -0.1) is 10.2 Å². The summed E-state index contributed by atoms with van der Waals surface area (Å²) in [5, 5.41) is 11.6. The van der Waals surface area contributed by atoms with E-state index in [0.29, 0.717) is 12.8 Å². The van der Waals surface area contributed by atoms with Crippen LogP contribution in [0.1, 0.15) is 37.7 Å². The molecule has 140 valence electrons. The molecule has 7 nitrogen and oxygen atoms in total. The van der Waals surface area contributed by atoms with Gasteiger partial charge in [-0.3, -0.25) is 9.20 Å². The van der Waals surface area contributed by atoms with Crippen LogP contribution < -0.4 is 14.8 Å². The molecule has 0 fully saturated rings. The maximum absolute atomic E-state index is 12.6. The van der Waals surface area contributed by atoms with Gasteiger partial charge in [0.05, 0.1) is 6.04 Å². The molecular formula is C20H22N4O3. The van der Waals surface area contributed by atoms with Crippen LogP contribution in [0.25, 0.3) is 5.65 Å². The number of hydrogen-bond donors (Lipinski definition) is 1. The summed E-state index contributed by atoms with van der Waals surface area (Å²) in [4.78, 5) is 12.6. The average molecular weight is 366 g/mol. The van der Waals surface area contributed by atoms with Gasteiger partial charge < -0.3 is 14.8 Å². The lowest BCUT2D eigenvalue weighted by atomic mass is 10.0. The first-order chi connectivity index (χ1) is 13.1. The first-order valence-electron chi connectivity index (χ1n) is 9.09. The Balaban J connectivity index is 1.43. The lowest BCUT2D eigenvalue weighted by molar-refractivity contribution is -0.122. The van der Waals surface area contributed by atoms with Crippen LogP contribution in [0.5, 0.6) is 11.5 Å². The molecule has 1 aliphatic heterocycles. The number of fused-ring (bicyclic) bond motifs is 2. The maximum Gasteiger partial charge on any atom is 0.231 e. The number of nitrogens with one attached hydrogen (secondary N) is 1. The summed E-state index contributed by atoms with van der Waals surface area (Å²) >= 11 is 0. The zero-order valence-electron chi connectivity index (χ0n) is 15.4. The predicted octanol–water partition coefficient (Wildman–Crippen LogP) is 2.90. The molecule has 0 bridgehead atoms. The molecule has 1 aliphatic rings. The van der Waals surface area contributed by atoms with E-state index in [1.807, 2.05) is 47.0 Å². The van der Waals surface area contributed by atoms with Crippen LogP contribution in [-0.2, 0) is 11.2 Å². The third kappa shape index (κ3) is 3.58. The van der Waals surface area contributed by atoms with Crippen molar-refractivity contribution in [3.8, 4) is 11.5 Å². The van der Waals surface area contributed by atoms with E-state index in [9.17, 15) is 4.79 Å². The molecule has 0 unspecified atom stereocenters. The largest absolute Gasteiger partial charge is 0.454 e. The highest BCUT2D eigenvalue weighted by atomic mass is 16.7. The second-order valence-electron chi connectivity index (χ2n) is 6.96. The highest BCUT2D eigenvalue weighted by Crippen LogP contribution is 2.32. The van der Waals surface area contributed by atoms with Crippen LogP contribution in [0.15, 0.2) is 42.6 Å². The maximum atomic E-state index is 12.6. The van der Waals surface area contributed by atoms with Gasteiger partial charge in [0.1, 0.15) is 0 Å². The van der Waals surface area contributed by atoms with Crippen molar-refractivity contribution in [2.45, 2.75) is 32.7 Å². The first kappa shape index (κ1) is 17.3. The Labute approximate surface area is 157 Å². The zero-order chi connectivity index (χ0) is 18.8. The highest BCUT2D eigenvalue weighted by molar-refractivity contribution is 5.76. The number of rotatable bonds is 6. The van der Waals surface area contributed by atoms with Crippen LogP contribution in [0.4, 0.5) is 0 Å². The molecule has 27 heavy (non-hydrogen) atoms. The minimum atomic E-state index is -0.202. The number of amides is 1. The zero-order valence-corrected chi connectivity index (χ0v) is 15.4. The third-order valence-corrected chi connectivity index (χ3v) is 4.68. The van der Waals surface area contributed by atoms with Gasteiger partial charge in [0.2, 0.25) is 12.7 Å². The topological polar surface area (TPSA) is 77.8 Å². The SMILES string of the molecule is CC(C)[C@H](NC(=O)CCc1ccc2c(c1)OCO2)c1nnc2ccccn12. The normalized spacial score (nSPS) is 13.9. The van der Waals surface area contributed by atoms with Gasteiger partial charge in [-0.2, -0.15) is 0 Å². The first-order valence-corrected chi connectivity index (χ1v) is 9.09. The van der Waals surface area contributed by atoms with Crippen LogP contribution in [-0.4, -0.2) is 27.3 Å². The molecule has 1 N–H and O–H groups in total. The number of benzene rings is 1. The number of aryl methyl sites for hydroxylation is 1. The number of ether oxygens (including phenoxy) is 2. The molecule has 0 saturated carbocycles. The Kier molecular flexibility index (Phi) is 4.66. The van der Waals surface area contributed by atoms with Crippen LogP contribution in [0.2, 0.25) is 0 Å². The molecule has 0 aliphatic carbocycles. The van der Waals surface area contributed by atoms with Crippen molar-refractivity contribution in [1.82, 2.24) is 19.9 Å². The molecule has 3 aromatic rings. The minimum absolute atomic E-state index is 0.0148. The molecule has 2 aromatic heterocycles. The van der Waals surface area contributed by atoms with E-state index in [-0.39, 0.29) is 24.7 Å². The van der Waals surface area contributed by atoms with Crippen molar-refractivity contribution in [3.05, 3.63) is 54.0 Å². The summed E-state index contributed by atoms with van der Waals surface area (Å²) in [5.74, 6) is 2.41. The Morgan fingerprint density at radius 1 is 1.19 bits per heavy atom. The summed E-state index contributed by atoms with van der Waals surface area (Å²) in [6, 6.07) is 11.3. The fraction of sp³-hybridized carbons (Fsp3) is 0.350. The number of hydrogen-bond acceptors (Lipinski definition) is 5. The second kappa shape index (κ2) is 7.26. The van der Waals surface area contributed by atoms with E-state index in [0.717, 1.165) is 28.5 Å². The molecule has 1 aromatic carbocycles. The Morgan fingerprint density at radius 2 is 2.04 bits per heavy atom. The summed E-state index contributed by atoms with van der Waals surface area (Å²) in [7, 11) is 0. The molecular weight excluding hydrogens is 344 g/mol. The molecule has 3 heterocycles. The van der Waals surface area contributed by atoms with Crippen LogP contribution in [0.3, 0.4) is 0 Å². The number of pyridine rings is 1. The van der Waals surface area contributed by atoms with E-state index in [2.05, 4.69) is 29.4 Å².